The standard InChI is InChI=1S/C16H23N3O2/c1-13-4-6-14(7-5-13)18-15(20)12-17-9-8-16(21)19-10-2-3-11-19/h4-7,17H,2-3,8-12H2,1H3,(H,18,20). The van der Waals surface area contributed by atoms with Crippen molar-refractivity contribution >= 4 is 17.5 Å². The maximum Gasteiger partial charge on any atom is 0.238 e. The van der Waals surface area contributed by atoms with Crippen molar-refractivity contribution in [3.05, 3.63) is 29.8 Å². The van der Waals surface area contributed by atoms with Gasteiger partial charge in [0.1, 0.15) is 0 Å². The Morgan fingerprint density at radius 2 is 1.81 bits per heavy atom. The van der Waals surface area contributed by atoms with E-state index in [1.54, 1.807) is 0 Å². The predicted molar refractivity (Wildman–Crippen MR) is 83.1 cm³/mol. The Hall–Kier alpha value is -1.88. The van der Waals surface area contributed by atoms with Crippen LogP contribution in [0.3, 0.4) is 0 Å². The maximum absolute atomic E-state index is 11.8. The highest BCUT2D eigenvalue weighted by Gasteiger charge is 2.16. The largest absolute Gasteiger partial charge is 0.343 e. The molecule has 0 atom stereocenters. The van der Waals surface area contributed by atoms with Crippen LogP contribution in [0.4, 0.5) is 5.69 Å². The molecule has 2 amide bonds. The molecule has 1 aliphatic heterocycles. The van der Waals surface area contributed by atoms with E-state index in [2.05, 4.69) is 10.6 Å². The number of nitrogens with one attached hydrogen (secondary N) is 2. The number of amides is 2. The van der Waals surface area contributed by atoms with E-state index >= 15 is 0 Å². The minimum atomic E-state index is -0.0903. The Bertz CT molecular complexity index is 479. The number of carbonyl (C=O) groups is 2. The van der Waals surface area contributed by atoms with Crippen LogP contribution in [0, 0.1) is 6.92 Å². The fourth-order valence-electron chi connectivity index (χ4n) is 2.36. The van der Waals surface area contributed by atoms with Gasteiger partial charge in [-0.3, -0.25) is 9.59 Å². The van der Waals surface area contributed by atoms with Crippen LogP contribution in [-0.4, -0.2) is 42.9 Å². The van der Waals surface area contributed by atoms with Crippen molar-refractivity contribution in [2.45, 2.75) is 26.2 Å². The Morgan fingerprint density at radius 3 is 2.48 bits per heavy atom. The minimum Gasteiger partial charge on any atom is -0.343 e. The van der Waals surface area contributed by atoms with Crippen LogP contribution in [-0.2, 0) is 9.59 Å². The summed E-state index contributed by atoms with van der Waals surface area (Å²) in [4.78, 5) is 25.4. The quantitative estimate of drug-likeness (QED) is 0.781. The maximum atomic E-state index is 11.8. The molecule has 5 heteroatoms. The van der Waals surface area contributed by atoms with Gasteiger partial charge in [0, 0.05) is 31.7 Å². The number of benzene rings is 1. The average Bonchev–Trinajstić information content (AvgIpc) is 3.00. The summed E-state index contributed by atoms with van der Waals surface area (Å²) in [5.74, 6) is 0.0893. The zero-order chi connectivity index (χ0) is 15.1. The lowest BCUT2D eigenvalue weighted by Gasteiger charge is -2.15. The lowest BCUT2D eigenvalue weighted by Crippen LogP contribution is -2.33. The second kappa shape index (κ2) is 7.78. The zero-order valence-corrected chi connectivity index (χ0v) is 12.5. The normalized spacial score (nSPS) is 14.2. The second-order valence-corrected chi connectivity index (χ2v) is 5.43. The first-order chi connectivity index (χ1) is 10.1. The summed E-state index contributed by atoms with van der Waals surface area (Å²) in [5.41, 5.74) is 1.95. The molecule has 0 radical (unpaired) electrons. The molecule has 0 aromatic heterocycles. The van der Waals surface area contributed by atoms with E-state index in [1.807, 2.05) is 36.1 Å². The van der Waals surface area contributed by atoms with Gasteiger partial charge in [0.25, 0.3) is 0 Å². The molecular formula is C16H23N3O2. The number of rotatable bonds is 6. The summed E-state index contributed by atoms with van der Waals surface area (Å²) in [6.45, 7) is 4.53. The van der Waals surface area contributed by atoms with Gasteiger partial charge in [-0.25, -0.2) is 0 Å². The van der Waals surface area contributed by atoms with Gasteiger partial charge < -0.3 is 15.5 Å². The number of nitrogens with zero attached hydrogens (tertiary/aromatic N) is 1. The van der Waals surface area contributed by atoms with Crippen LogP contribution in [0.15, 0.2) is 24.3 Å². The molecule has 1 aromatic rings. The van der Waals surface area contributed by atoms with E-state index in [-0.39, 0.29) is 18.4 Å². The molecule has 5 nitrogen and oxygen atoms in total. The number of likely N-dealkylation sites (tertiary alicyclic amines) is 1. The third-order valence-electron chi connectivity index (χ3n) is 3.60. The molecule has 0 saturated carbocycles. The van der Waals surface area contributed by atoms with Crippen molar-refractivity contribution in [2.24, 2.45) is 0 Å². The van der Waals surface area contributed by atoms with Crippen molar-refractivity contribution in [1.82, 2.24) is 10.2 Å². The molecule has 0 bridgehead atoms. The minimum absolute atomic E-state index is 0.0903. The lowest BCUT2D eigenvalue weighted by atomic mass is 10.2. The van der Waals surface area contributed by atoms with Crippen LogP contribution in [0.1, 0.15) is 24.8 Å². The van der Waals surface area contributed by atoms with Crippen molar-refractivity contribution in [1.29, 1.82) is 0 Å². The average molecular weight is 289 g/mol. The molecule has 2 rings (SSSR count). The molecule has 1 aliphatic rings. The number of carbonyl (C=O) groups excluding carboxylic acids is 2. The summed E-state index contributed by atoms with van der Waals surface area (Å²) in [6.07, 6.45) is 2.67. The summed E-state index contributed by atoms with van der Waals surface area (Å²) in [6, 6.07) is 7.67. The molecule has 0 aliphatic carbocycles. The summed E-state index contributed by atoms with van der Waals surface area (Å²) >= 11 is 0. The van der Waals surface area contributed by atoms with Crippen molar-refractivity contribution in [3.8, 4) is 0 Å². The van der Waals surface area contributed by atoms with Gasteiger partial charge >= 0.3 is 0 Å². The second-order valence-electron chi connectivity index (χ2n) is 5.43. The van der Waals surface area contributed by atoms with Crippen LogP contribution in [0.2, 0.25) is 0 Å². The SMILES string of the molecule is Cc1ccc(NC(=O)CNCCC(=O)N2CCCC2)cc1. The first-order valence-corrected chi connectivity index (χ1v) is 7.50. The first kappa shape index (κ1) is 15.5. The fraction of sp³-hybridized carbons (Fsp3) is 0.500. The van der Waals surface area contributed by atoms with E-state index in [1.165, 1.54) is 0 Å². The molecular weight excluding hydrogens is 266 g/mol. The zero-order valence-electron chi connectivity index (χ0n) is 12.5. The Labute approximate surface area is 125 Å². The van der Waals surface area contributed by atoms with Gasteiger partial charge in [0.05, 0.1) is 6.54 Å². The monoisotopic (exact) mass is 289 g/mol. The highest BCUT2D eigenvalue weighted by atomic mass is 16.2. The van der Waals surface area contributed by atoms with Gasteiger partial charge in [-0.2, -0.15) is 0 Å². The van der Waals surface area contributed by atoms with Crippen LogP contribution >= 0.6 is 0 Å². The lowest BCUT2D eigenvalue weighted by molar-refractivity contribution is -0.130. The number of hydrogen-bond acceptors (Lipinski definition) is 3. The molecule has 1 saturated heterocycles. The summed E-state index contributed by atoms with van der Waals surface area (Å²) in [7, 11) is 0. The van der Waals surface area contributed by atoms with Crippen molar-refractivity contribution in [2.75, 3.05) is 31.5 Å². The van der Waals surface area contributed by atoms with Crippen molar-refractivity contribution in [3.63, 3.8) is 0 Å². The van der Waals surface area contributed by atoms with E-state index in [0.29, 0.717) is 13.0 Å². The Balaban J connectivity index is 1.60. The molecule has 114 valence electrons. The number of hydrogen-bond donors (Lipinski definition) is 2. The molecule has 21 heavy (non-hydrogen) atoms. The molecule has 0 unspecified atom stereocenters. The third-order valence-corrected chi connectivity index (χ3v) is 3.60. The van der Waals surface area contributed by atoms with E-state index in [0.717, 1.165) is 37.2 Å². The summed E-state index contributed by atoms with van der Waals surface area (Å²) < 4.78 is 0. The Kier molecular flexibility index (Phi) is 5.75. The predicted octanol–water partition coefficient (Wildman–Crippen LogP) is 1.54. The molecule has 2 N–H and O–H groups in total. The molecule has 0 spiro atoms. The van der Waals surface area contributed by atoms with Gasteiger partial charge in [-0.1, -0.05) is 17.7 Å². The topological polar surface area (TPSA) is 61.4 Å². The van der Waals surface area contributed by atoms with Crippen molar-refractivity contribution < 1.29 is 9.59 Å². The van der Waals surface area contributed by atoms with Gasteiger partial charge in [0.15, 0.2) is 0 Å². The van der Waals surface area contributed by atoms with E-state index in [9.17, 15) is 9.59 Å². The fourth-order valence-corrected chi connectivity index (χ4v) is 2.36. The van der Waals surface area contributed by atoms with E-state index in [4.69, 9.17) is 0 Å². The number of aryl methyl sites for hydroxylation is 1. The summed E-state index contributed by atoms with van der Waals surface area (Å²) in [5, 5.41) is 5.83. The van der Waals surface area contributed by atoms with Gasteiger partial charge in [0.2, 0.25) is 11.8 Å². The van der Waals surface area contributed by atoms with Crippen LogP contribution in [0.25, 0.3) is 0 Å². The highest BCUT2D eigenvalue weighted by Crippen LogP contribution is 2.09. The van der Waals surface area contributed by atoms with Gasteiger partial charge in [-0.15, -0.1) is 0 Å². The molecule has 1 aromatic carbocycles. The molecule has 1 heterocycles. The first-order valence-electron chi connectivity index (χ1n) is 7.50. The van der Waals surface area contributed by atoms with Crippen LogP contribution < -0.4 is 10.6 Å². The third kappa shape index (κ3) is 5.19. The van der Waals surface area contributed by atoms with Gasteiger partial charge in [-0.05, 0) is 31.9 Å². The Morgan fingerprint density at radius 1 is 1.14 bits per heavy atom. The smallest absolute Gasteiger partial charge is 0.238 e. The number of anilines is 1. The van der Waals surface area contributed by atoms with E-state index < -0.39 is 0 Å². The molecule has 1 fully saturated rings. The highest BCUT2D eigenvalue weighted by molar-refractivity contribution is 5.92. The van der Waals surface area contributed by atoms with Crippen LogP contribution in [0.5, 0.6) is 0 Å².